The van der Waals surface area contributed by atoms with E-state index in [0.717, 1.165) is 23.5 Å². The first-order chi connectivity index (χ1) is 7.63. The highest BCUT2D eigenvalue weighted by Crippen LogP contribution is 2.17. The van der Waals surface area contributed by atoms with Crippen molar-refractivity contribution in [1.29, 1.82) is 0 Å². The first-order valence-electron chi connectivity index (χ1n) is 5.20. The lowest BCUT2D eigenvalue weighted by atomic mass is 10.2. The van der Waals surface area contributed by atoms with Crippen LogP contribution in [0.25, 0.3) is 0 Å². The van der Waals surface area contributed by atoms with E-state index in [1.165, 1.54) is 12.1 Å². The average molecular weight is 240 g/mol. The summed E-state index contributed by atoms with van der Waals surface area (Å²) in [5, 5.41) is 10.4. The quantitative estimate of drug-likeness (QED) is 0.613. The Morgan fingerprint density at radius 3 is 2.56 bits per heavy atom. The van der Waals surface area contributed by atoms with E-state index in [-0.39, 0.29) is 16.7 Å². The zero-order valence-electron chi connectivity index (χ0n) is 9.26. The Labute approximate surface area is 99.4 Å². The molecule has 1 aromatic carbocycles. The number of thioether (sulfide) groups is 1. The van der Waals surface area contributed by atoms with Gasteiger partial charge < -0.3 is 5.73 Å². The van der Waals surface area contributed by atoms with Crippen LogP contribution in [-0.2, 0) is 5.75 Å². The number of nitrogens with zero attached hydrogens (tertiary/aromatic N) is 1. The predicted molar refractivity (Wildman–Crippen MR) is 67.5 cm³/mol. The maximum absolute atomic E-state index is 10.4. The zero-order chi connectivity index (χ0) is 12.0. The van der Waals surface area contributed by atoms with Crippen LogP contribution in [0.3, 0.4) is 0 Å². The number of benzene rings is 1. The summed E-state index contributed by atoms with van der Waals surface area (Å²) in [4.78, 5) is 10.1. The topological polar surface area (TPSA) is 69.2 Å². The van der Waals surface area contributed by atoms with E-state index in [4.69, 9.17) is 5.73 Å². The number of rotatable bonds is 6. The van der Waals surface area contributed by atoms with E-state index in [0.29, 0.717) is 0 Å². The molecule has 1 atom stereocenters. The zero-order valence-corrected chi connectivity index (χ0v) is 10.1. The minimum atomic E-state index is -0.385. The summed E-state index contributed by atoms with van der Waals surface area (Å²) in [5.74, 6) is 1.78. The standard InChI is InChI=1S/C11H16N2O2S/c1-2-10(12)8-16-7-9-3-5-11(6-4-9)13(14)15/h3-6,10H,2,7-8,12H2,1H3. The molecule has 1 unspecified atom stereocenters. The van der Waals surface area contributed by atoms with Gasteiger partial charge in [-0.25, -0.2) is 0 Å². The van der Waals surface area contributed by atoms with E-state index < -0.39 is 0 Å². The van der Waals surface area contributed by atoms with Gasteiger partial charge in [-0.05, 0) is 12.0 Å². The molecule has 16 heavy (non-hydrogen) atoms. The Morgan fingerprint density at radius 2 is 2.06 bits per heavy atom. The van der Waals surface area contributed by atoms with Crippen molar-refractivity contribution in [3.8, 4) is 0 Å². The second kappa shape index (κ2) is 6.50. The average Bonchev–Trinajstić information content (AvgIpc) is 2.29. The molecule has 0 radical (unpaired) electrons. The highest BCUT2D eigenvalue weighted by atomic mass is 32.2. The summed E-state index contributed by atoms with van der Waals surface area (Å²) in [6.45, 7) is 2.07. The van der Waals surface area contributed by atoms with E-state index in [1.807, 2.05) is 0 Å². The Kier molecular flexibility index (Phi) is 5.28. The SMILES string of the molecule is CCC(N)CSCc1ccc([N+](=O)[O-])cc1. The van der Waals surface area contributed by atoms with Gasteiger partial charge in [-0.15, -0.1) is 0 Å². The van der Waals surface area contributed by atoms with Gasteiger partial charge in [-0.2, -0.15) is 11.8 Å². The number of non-ortho nitro benzene ring substituents is 1. The van der Waals surface area contributed by atoms with Gasteiger partial charge in [0.15, 0.2) is 0 Å². The number of nitro benzene ring substituents is 1. The van der Waals surface area contributed by atoms with Gasteiger partial charge in [0.25, 0.3) is 5.69 Å². The van der Waals surface area contributed by atoms with E-state index in [9.17, 15) is 10.1 Å². The normalized spacial score (nSPS) is 12.4. The Morgan fingerprint density at radius 1 is 1.44 bits per heavy atom. The predicted octanol–water partition coefficient (Wildman–Crippen LogP) is 2.57. The van der Waals surface area contributed by atoms with Crippen molar-refractivity contribution in [2.24, 2.45) is 5.73 Å². The maximum atomic E-state index is 10.4. The molecular formula is C11H16N2O2S. The van der Waals surface area contributed by atoms with E-state index >= 15 is 0 Å². The lowest BCUT2D eigenvalue weighted by Gasteiger charge is -2.07. The summed E-state index contributed by atoms with van der Waals surface area (Å²) in [7, 11) is 0. The van der Waals surface area contributed by atoms with Crippen LogP contribution in [0, 0.1) is 10.1 Å². The second-order valence-electron chi connectivity index (χ2n) is 3.61. The van der Waals surface area contributed by atoms with Crippen LogP contribution in [0.2, 0.25) is 0 Å². The molecule has 0 fully saturated rings. The van der Waals surface area contributed by atoms with Crippen molar-refractivity contribution in [3.05, 3.63) is 39.9 Å². The highest BCUT2D eigenvalue weighted by molar-refractivity contribution is 7.98. The van der Waals surface area contributed by atoms with Crippen molar-refractivity contribution in [1.82, 2.24) is 0 Å². The largest absolute Gasteiger partial charge is 0.327 e. The van der Waals surface area contributed by atoms with Gasteiger partial charge in [0.1, 0.15) is 0 Å². The summed E-state index contributed by atoms with van der Waals surface area (Å²) < 4.78 is 0. The minimum absolute atomic E-state index is 0.138. The molecule has 88 valence electrons. The molecule has 0 aromatic heterocycles. The van der Waals surface area contributed by atoms with Crippen LogP contribution in [0.5, 0.6) is 0 Å². The van der Waals surface area contributed by atoms with Gasteiger partial charge in [-0.1, -0.05) is 19.1 Å². The fourth-order valence-electron chi connectivity index (χ4n) is 1.16. The van der Waals surface area contributed by atoms with Crippen molar-refractivity contribution < 1.29 is 4.92 Å². The van der Waals surface area contributed by atoms with Gasteiger partial charge in [-0.3, -0.25) is 10.1 Å². The molecule has 4 nitrogen and oxygen atoms in total. The summed E-state index contributed by atoms with van der Waals surface area (Å²) in [6, 6.07) is 6.90. The molecule has 2 N–H and O–H groups in total. The van der Waals surface area contributed by atoms with Crippen LogP contribution >= 0.6 is 11.8 Å². The lowest BCUT2D eigenvalue weighted by Crippen LogP contribution is -2.21. The van der Waals surface area contributed by atoms with Gasteiger partial charge in [0.2, 0.25) is 0 Å². The summed E-state index contributed by atoms with van der Waals surface area (Å²) >= 11 is 1.76. The monoisotopic (exact) mass is 240 g/mol. The number of nitrogens with two attached hydrogens (primary N) is 1. The summed E-state index contributed by atoms with van der Waals surface area (Å²) in [6.07, 6.45) is 0.979. The minimum Gasteiger partial charge on any atom is -0.327 e. The first kappa shape index (κ1) is 13.0. The summed E-state index contributed by atoms with van der Waals surface area (Å²) in [5.41, 5.74) is 7.02. The molecule has 0 aliphatic rings. The van der Waals surface area contributed by atoms with Crippen LogP contribution in [0.15, 0.2) is 24.3 Å². The van der Waals surface area contributed by atoms with Gasteiger partial charge in [0, 0.05) is 29.7 Å². The molecule has 0 bridgehead atoms. The lowest BCUT2D eigenvalue weighted by molar-refractivity contribution is -0.384. The van der Waals surface area contributed by atoms with Crippen LogP contribution < -0.4 is 5.73 Å². The maximum Gasteiger partial charge on any atom is 0.269 e. The van der Waals surface area contributed by atoms with Crippen LogP contribution in [0.1, 0.15) is 18.9 Å². The third-order valence-corrected chi connectivity index (χ3v) is 3.47. The molecule has 0 aliphatic carbocycles. The molecule has 5 heteroatoms. The van der Waals surface area contributed by atoms with Crippen molar-refractivity contribution in [2.75, 3.05) is 5.75 Å². The molecule has 1 aromatic rings. The second-order valence-corrected chi connectivity index (χ2v) is 4.64. The smallest absolute Gasteiger partial charge is 0.269 e. The van der Waals surface area contributed by atoms with Crippen molar-refractivity contribution >= 4 is 17.4 Å². The molecule has 0 spiro atoms. The number of nitro groups is 1. The number of hydrogen-bond acceptors (Lipinski definition) is 4. The fraction of sp³-hybridized carbons (Fsp3) is 0.455. The molecule has 0 heterocycles. The Balaban J connectivity index is 2.40. The van der Waals surface area contributed by atoms with E-state index in [1.54, 1.807) is 23.9 Å². The van der Waals surface area contributed by atoms with E-state index in [2.05, 4.69) is 6.92 Å². The number of hydrogen-bond donors (Lipinski definition) is 1. The Bertz CT molecular complexity index is 340. The third-order valence-electron chi connectivity index (χ3n) is 2.27. The molecule has 1 rings (SSSR count). The Hall–Kier alpha value is -1.07. The van der Waals surface area contributed by atoms with Crippen molar-refractivity contribution in [3.63, 3.8) is 0 Å². The molecule has 0 saturated carbocycles. The van der Waals surface area contributed by atoms with Crippen molar-refractivity contribution in [2.45, 2.75) is 25.1 Å². The fourth-order valence-corrected chi connectivity index (χ4v) is 2.24. The molecule has 0 amide bonds. The molecule has 0 aliphatic heterocycles. The molecular weight excluding hydrogens is 224 g/mol. The van der Waals surface area contributed by atoms with Gasteiger partial charge in [0.05, 0.1) is 4.92 Å². The van der Waals surface area contributed by atoms with Gasteiger partial charge >= 0.3 is 0 Å². The van der Waals surface area contributed by atoms with Crippen LogP contribution in [-0.4, -0.2) is 16.7 Å². The van der Waals surface area contributed by atoms with Crippen LogP contribution in [0.4, 0.5) is 5.69 Å². The first-order valence-corrected chi connectivity index (χ1v) is 6.35. The third kappa shape index (κ3) is 4.20. The highest BCUT2D eigenvalue weighted by Gasteiger charge is 2.04. The molecule has 0 saturated heterocycles.